The highest BCUT2D eigenvalue weighted by molar-refractivity contribution is 6.75. The minimum absolute atomic E-state index is 0.0671. The van der Waals surface area contributed by atoms with Crippen molar-refractivity contribution in [3.63, 3.8) is 0 Å². The maximum Gasteiger partial charge on any atom is 0.393 e. The quantitative estimate of drug-likeness (QED) is 0.716. The first-order valence-corrected chi connectivity index (χ1v) is 12.2. The van der Waals surface area contributed by atoms with Gasteiger partial charge in [-0.15, -0.1) is 0 Å². The molecule has 1 aliphatic carbocycles. The summed E-state index contributed by atoms with van der Waals surface area (Å²) in [6.07, 6.45) is -0.619. The molecule has 0 radical (unpaired) electrons. The molecule has 0 aromatic heterocycles. The summed E-state index contributed by atoms with van der Waals surface area (Å²) in [5.74, 6) is -1.10. The van der Waals surface area contributed by atoms with E-state index < -0.39 is 26.5 Å². The van der Waals surface area contributed by atoms with Crippen LogP contribution in [0.3, 0.4) is 0 Å². The number of benzene rings is 1. The van der Waals surface area contributed by atoms with Crippen LogP contribution < -0.4 is 5.32 Å². The molecule has 6 nitrogen and oxygen atoms in total. The fourth-order valence-corrected chi connectivity index (χ4v) is 3.75. The number of nitrogens with one attached hydrogen (secondary N) is 1. The number of hydrogen-bond donors (Lipinski definition) is 2. The molecule has 0 spiro atoms. The van der Waals surface area contributed by atoms with Gasteiger partial charge in [-0.3, -0.25) is 0 Å². The number of carbonyl (C=O) groups excluding carboxylic acids is 1. The van der Waals surface area contributed by atoms with Gasteiger partial charge in [0, 0.05) is 12.0 Å². The second-order valence-corrected chi connectivity index (χ2v) is 13.4. The SMILES string of the molecule is C[C@@H](OC[C@@H]1c2ccccc2C[C@H]1NC(=O)O[Si](C)(C)C(C)(C)C)C(=O)O. The summed E-state index contributed by atoms with van der Waals surface area (Å²) < 4.78 is 11.4. The number of fused-ring (bicyclic) bond motifs is 1. The standard InChI is InChI=1S/C20H31NO5Si/c1-13(18(22)23)25-12-16-15-10-8-7-9-14(15)11-17(16)21-19(24)26-27(5,6)20(2,3)4/h7-10,13,16-17H,11-12H2,1-6H3,(H,21,24)(H,22,23)/t13-,16-,17-/m1/s1. The minimum atomic E-state index is -2.21. The lowest BCUT2D eigenvalue weighted by molar-refractivity contribution is -0.149. The zero-order valence-corrected chi connectivity index (χ0v) is 18.0. The van der Waals surface area contributed by atoms with E-state index >= 15 is 0 Å². The van der Waals surface area contributed by atoms with Gasteiger partial charge in [-0.25, -0.2) is 9.59 Å². The summed E-state index contributed by atoms with van der Waals surface area (Å²) in [5.41, 5.74) is 2.24. The second kappa shape index (κ2) is 8.02. The van der Waals surface area contributed by atoms with Gasteiger partial charge in [-0.2, -0.15) is 0 Å². The molecule has 2 N–H and O–H groups in total. The van der Waals surface area contributed by atoms with E-state index in [-0.39, 0.29) is 23.6 Å². The van der Waals surface area contributed by atoms with Gasteiger partial charge in [0.1, 0.15) is 0 Å². The topological polar surface area (TPSA) is 84.9 Å². The van der Waals surface area contributed by atoms with Crippen molar-refractivity contribution in [1.82, 2.24) is 5.32 Å². The first kappa shape index (κ1) is 21.4. The van der Waals surface area contributed by atoms with E-state index in [4.69, 9.17) is 14.3 Å². The molecule has 7 heteroatoms. The molecule has 1 aliphatic rings. The maximum atomic E-state index is 12.6. The summed E-state index contributed by atoms with van der Waals surface area (Å²) in [5, 5.41) is 12.0. The van der Waals surface area contributed by atoms with Gasteiger partial charge < -0.3 is 19.6 Å². The van der Waals surface area contributed by atoms with Crippen molar-refractivity contribution in [1.29, 1.82) is 0 Å². The summed E-state index contributed by atoms with van der Waals surface area (Å²) in [7, 11) is -2.21. The third kappa shape index (κ3) is 5.10. The van der Waals surface area contributed by atoms with Gasteiger partial charge in [0.2, 0.25) is 0 Å². The summed E-state index contributed by atoms with van der Waals surface area (Å²) >= 11 is 0. The Kier molecular flexibility index (Phi) is 6.37. The molecular formula is C20H31NO5Si. The zero-order chi connectivity index (χ0) is 20.4. The molecule has 0 fully saturated rings. The Bertz CT molecular complexity index is 698. The molecule has 0 bridgehead atoms. The number of aliphatic carboxylic acids is 1. The molecule has 0 saturated heterocycles. The Hall–Kier alpha value is -1.86. The highest BCUT2D eigenvalue weighted by atomic mass is 28.4. The fraction of sp³-hybridized carbons (Fsp3) is 0.600. The maximum absolute atomic E-state index is 12.6. The van der Waals surface area contributed by atoms with Crippen LogP contribution in [-0.4, -0.2) is 44.2 Å². The van der Waals surface area contributed by atoms with Crippen molar-refractivity contribution in [3.05, 3.63) is 35.4 Å². The van der Waals surface area contributed by atoms with Crippen LogP contribution in [0.2, 0.25) is 18.1 Å². The molecule has 1 amide bonds. The Morgan fingerprint density at radius 3 is 2.52 bits per heavy atom. The number of hydrogen-bond acceptors (Lipinski definition) is 4. The molecule has 0 heterocycles. The summed E-state index contributed by atoms with van der Waals surface area (Å²) in [6, 6.07) is 7.77. The van der Waals surface area contributed by atoms with Gasteiger partial charge in [0.15, 0.2) is 6.10 Å². The lowest BCUT2D eigenvalue weighted by Gasteiger charge is -2.36. The van der Waals surface area contributed by atoms with Crippen molar-refractivity contribution in [3.8, 4) is 0 Å². The zero-order valence-electron chi connectivity index (χ0n) is 17.0. The van der Waals surface area contributed by atoms with Crippen molar-refractivity contribution in [2.45, 2.75) is 70.3 Å². The predicted octanol–water partition coefficient (Wildman–Crippen LogP) is 3.92. The highest BCUT2D eigenvalue weighted by Crippen LogP contribution is 2.37. The lowest BCUT2D eigenvalue weighted by Crippen LogP contribution is -2.48. The van der Waals surface area contributed by atoms with E-state index in [2.05, 4.69) is 26.1 Å². The molecule has 0 aliphatic heterocycles. The van der Waals surface area contributed by atoms with Crippen molar-refractivity contribution in [2.24, 2.45) is 0 Å². The number of ether oxygens (including phenoxy) is 1. The fourth-order valence-electron chi connectivity index (χ4n) is 2.92. The molecule has 27 heavy (non-hydrogen) atoms. The number of amides is 1. The van der Waals surface area contributed by atoms with E-state index in [1.165, 1.54) is 6.92 Å². The van der Waals surface area contributed by atoms with E-state index in [0.717, 1.165) is 11.1 Å². The van der Waals surface area contributed by atoms with Crippen LogP contribution in [0.4, 0.5) is 4.79 Å². The number of carbonyl (C=O) groups is 2. The van der Waals surface area contributed by atoms with E-state index in [0.29, 0.717) is 6.42 Å². The minimum Gasteiger partial charge on any atom is -0.504 e. The van der Waals surface area contributed by atoms with Gasteiger partial charge >= 0.3 is 12.1 Å². The smallest absolute Gasteiger partial charge is 0.393 e. The van der Waals surface area contributed by atoms with Crippen molar-refractivity contribution >= 4 is 20.4 Å². The van der Waals surface area contributed by atoms with Crippen LogP contribution >= 0.6 is 0 Å². The molecule has 1 aromatic rings. The number of rotatable bonds is 6. The summed E-state index contributed by atoms with van der Waals surface area (Å²) in [4.78, 5) is 23.6. The Balaban J connectivity index is 2.10. The molecular weight excluding hydrogens is 362 g/mol. The largest absolute Gasteiger partial charge is 0.504 e. The van der Waals surface area contributed by atoms with Gasteiger partial charge in [0.25, 0.3) is 8.32 Å². The third-order valence-electron chi connectivity index (χ3n) is 5.71. The monoisotopic (exact) mass is 393 g/mol. The molecule has 3 atom stereocenters. The molecule has 0 saturated carbocycles. The molecule has 0 unspecified atom stereocenters. The lowest BCUT2D eigenvalue weighted by atomic mass is 9.99. The predicted molar refractivity (Wildman–Crippen MR) is 107 cm³/mol. The third-order valence-corrected chi connectivity index (χ3v) is 10.0. The van der Waals surface area contributed by atoms with Crippen molar-refractivity contribution < 1.29 is 23.9 Å². The van der Waals surface area contributed by atoms with Crippen LogP contribution in [0.1, 0.15) is 44.7 Å². The van der Waals surface area contributed by atoms with E-state index in [1.54, 1.807) is 0 Å². The second-order valence-electron chi connectivity index (χ2n) is 8.72. The van der Waals surface area contributed by atoms with Crippen LogP contribution in [0, 0.1) is 0 Å². The van der Waals surface area contributed by atoms with Crippen LogP contribution in [0.5, 0.6) is 0 Å². The van der Waals surface area contributed by atoms with Crippen molar-refractivity contribution in [2.75, 3.05) is 6.61 Å². The van der Waals surface area contributed by atoms with E-state index in [1.807, 2.05) is 37.4 Å². The number of carboxylic acid groups (broad SMARTS) is 1. The normalized spacial score (nSPS) is 20.7. The first-order valence-electron chi connectivity index (χ1n) is 9.34. The van der Waals surface area contributed by atoms with Crippen LogP contribution in [0.25, 0.3) is 0 Å². The Morgan fingerprint density at radius 2 is 1.93 bits per heavy atom. The average Bonchev–Trinajstić information content (AvgIpc) is 2.87. The highest BCUT2D eigenvalue weighted by Gasteiger charge is 2.42. The number of carboxylic acids is 1. The molecule has 2 rings (SSSR count). The molecule has 150 valence electrons. The Labute approximate surface area is 162 Å². The summed E-state index contributed by atoms with van der Waals surface area (Å²) in [6.45, 7) is 12.1. The van der Waals surface area contributed by atoms with Crippen LogP contribution in [-0.2, 0) is 20.4 Å². The van der Waals surface area contributed by atoms with E-state index in [9.17, 15) is 9.59 Å². The molecule has 1 aromatic carbocycles. The van der Waals surface area contributed by atoms with Crippen LogP contribution in [0.15, 0.2) is 24.3 Å². The first-order chi connectivity index (χ1) is 12.4. The Morgan fingerprint density at radius 1 is 1.30 bits per heavy atom. The van der Waals surface area contributed by atoms with Gasteiger partial charge in [-0.05, 0) is 42.6 Å². The van der Waals surface area contributed by atoms with Gasteiger partial charge in [-0.1, -0.05) is 45.0 Å². The van der Waals surface area contributed by atoms with Gasteiger partial charge in [0.05, 0.1) is 6.61 Å². The average molecular weight is 394 g/mol.